The molecular weight excluding hydrogens is 396 g/mol. The zero-order chi connectivity index (χ0) is 22.9. The van der Waals surface area contributed by atoms with Gasteiger partial charge in [-0.3, -0.25) is 9.69 Å². The first-order valence-electron chi connectivity index (χ1n) is 11.6. The zero-order valence-electron chi connectivity index (χ0n) is 19.9. The fraction of sp³-hybridized carbons (Fsp3) is 0.393. The number of furan rings is 1. The number of carbonyl (C=O) groups is 1. The summed E-state index contributed by atoms with van der Waals surface area (Å²) in [5, 5.41) is 0. The maximum Gasteiger partial charge on any atom is 0.237 e. The highest BCUT2D eigenvalue weighted by atomic mass is 16.3. The molecule has 0 atom stereocenters. The van der Waals surface area contributed by atoms with Gasteiger partial charge in [-0.1, -0.05) is 61.0 Å². The normalized spacial score (nSPS) is 11.2. The molecule has 0 spiro atoms. The van der Waals surface area contributed by atoms with Crippen LogP contribution in [0.5, 0.6) is 0 Å². The number of rotatable bonds is 11. The van der Waals surface area contributed by atoms with Crippen LogP contribution in [-0.2, 0) is 24.3 Å². The maximum absolute atomic E-state index is 13.4. The number of aryl methyl sites for hydroxylation is 3. The van der Waals surface area contributed by atoms with E-state index in [9.17, 15) is 4.79 Å². The van der Waals surface area contributed by atoms with Crippen molar-refractivity contribution in [1.29, 1.82) is 0 Å². The molecule has 0 saturated carbocycles. The molecule has 0 fully saturated rings. The van der Waals surface area contributed by atoms with Crippen molar-refractivity contribution >= 4 is 5.91 Å². The van der Waals surface area contributed by atoms with Gasteiger partial charge in [-0.15, -0.1) is 0 Å². The van der Waals surface area contributed by atoms with Crippen molar-refractivity contribution < 1.29 is 9.21 Å². The van der Waals surface area contributed by atoms with Gasteiger partial charge in [-0.25, -0.2) is 0 Å². The Morgan fingerprint density at radius 1 is 0.906 bits per heavy atom. The van der Waals surface area contributed by atoms with Crippen LogP contribution in [0.25, 0.3) is 0 Å². The molecule has 0 aliphatic carbocycles. The summed E-state index contributed by atoms with van der Waals surface area (Å²) in [5.74, 6) is 1.85. The minimum atomic E-state index is 0.147. The highest BCUT2D eigenvalue weighted by molar-refractivity contribution is 5.78. The summed E-state index contributed by atoms with van der Waals surface area (Å²) in [6, 6.07) is 20.8. The van der Waals surface area contributed by atoms with Crippen LogP contribution in [0, 0.1) is 20.8 Å². The lowest BCUT2D eigenvalue weighted by Crippen LogP contribution is -2.41. The summed E-state index contributed by atoms with van der Waals surface area (Å²) in [7, 11) is 0. The Kier molecular flexibility index (Phi) is 8.69. The molecule has 3 aromatic rings. The first-order valence-corrected chi connectivity index (χ1v) is 11.6. The second-order valence-corrected chi connectivity index (χ2v) is 8.70. The Hall–Kier alpha value is -2.85. The Morgan fingerprint density at radius 3 is 2.38 bits per heavy atom. The lowest BCUT2D eigenvalue weighted by molar-refractivity contribution is -0.133. The number of carbonyl (C=O) groups excluding carboxylic acids is 1. The Labute approximate surface area is 192 Å². The van der Waals surface area contributed by atoms with Gasteiger partial charge < -0.3 is 9.32 Å². The molecule has 0 N–H and O–H groups in total. The van der Waals surface area contributed by atoms with Crippen LogP contribution in [0.15, 0.2) is 65.1 Å². The molecular formula is C28H36N2O2. The third-order valence-corrected chi connectivity index (χ3v) is 5.81. The predicted octanol–water partition coefficient (Wildman–Crippen LogP) is 5.69. The van der Waals surface area contributed by atoms with Crippen molar-refractivity contribution in [3.63, 3.8) is 0 Å². The molecule has 0 saturated heterocycles. The molecule has 0 aliphatic heterocycles. The molecule has 170 valence electrons. The maximum atomic E-state index is 13.4. The molecule has 0 unspecified atom stereocenters. The standard InChI is InChI=1S/C28H36N2O2/c1-5-16-29(19-26-18-22(2)11-12-23(26)3)21-28(31)30(20-27-14-13-24(4)32-27)17-15-25-9-7-6-8-10-25/h6-14,18H,5,15-17,19-21H2,1-4H3. The Bertz CT molecular complexity index is 994. The van der Waals surface area contributed by atoms with Crippen LogP contribution in [0.3, 0.4) is 0 Å². The molecule has 4 heteroatoms. The predicted molar refractivity (Wildman–Crippen MR) is 130 cm³/mol. The van der Waals surface area contributed by atoms with Crippen molar-refractivity contribution in [2.24, 2.45) is 0 Å². The second-order valence-electron chi connectivity index (χ2n) is 8.70. The topological polar surface area (TPSA) is 36.7 Å². The van der Waals surface area contributed by atoms with Gasteiger partial charge in [0, 0.05) is 13.1 Å². The average molecular weight is 433 g/mol. The van der Waals surface area contributed by atoms with Crippen molar-refractivity contribution in [2.45, 2.75) is 53.6 Å². The molecule has 0 bridgehead atoms. The summed E-state index contributed by atoms with van der Waals surface area (Å²) in [6.07, 6.45) is 1.84. The van der Waals surface area contributed by atoms with Crippen LogP contribution < -0.4 is 0 Å². The highest BCUT2D eigenvalue weighted by Gasteiger charge is 2.19. The average Bonchev–Trinajstić information content (AvgIpc) is 3.19. The molecule has 0 radical (unpaired) electrons. The van der Waals surface area contributed by atoms with E-state index in [0.717, 1.165) is 37.5 Å². The van der Waals surface area contributed by atoms with E-state index in [4.69, 9.17) is 4.42 Å². The van der Waals surface area contributed by atoms with E-state index in [1.807, 2.05) is 42.2 Å². The van der Waals surface area contributed by atoms with Crippen molar-refractivity contribution in [3.05, 3.63) is 94.4 Å². The first kappa shape index (κ1) is 23.8. The van der Waals surface area contributed by atoms with Gasteiger partial charge in [0.25, 0.3) is 0 Å². The van der Waals surface area contributed by atoms with Crippen molar-refractivity contribution in [1.82, 2.24) is 9.80 Å². The van der Waals surface area contributed by atoms with E-state index < -0.39 is 0 Å². The van der Waals surface area contributed by atoms with E-state index in [0.29, 0.717) is 19.6 Å². The van der Waals surface area contributed by atoms with Gasteiger partial charge in [0.15, 0.2) is 0 Å². The van der Waals surface area contributed by atoms with Crippen LogP contribution >= 0.6 is 0 Å². The monoisotopic (exact) mass is 432 g/mol. The lowest BCUT2D eigenvalue weighted by atomic mass is 10.1. The molecule has 2 aromatic carbocycles. The van der Waals surface area contributed by atoms with Gasteiger partial charge in [-0.2, -0.15) is 0 Å². The lowest BCUT2D eigenvalue weighted by Gasteiger charge is -2.27. The van der Waals surface area contributed by atoms with Gasteiger partial charge in [0.05, 0.1) is 13.1 Å². The van der Waals surface area contributed by atoms with Crippen LogP contribution in [-0.4, -0.2) is 35.3 Å². The zero-order valence-corrected chi connectivity index (χ0v) is 19.9. The van der Waals surface area contributed by atoms with Crippen LogP contribution in [0.4, 0.5) is 0 Å². The largest absolute Gasteiger partial charge is 0.464 e. The summed E-state index contributed by atoms with van der Waals surface area (Å²) >= 11 is 0. The Morgan fingerprint density at radius 2 is 1.69 bits per heavy atom. The molecule has 32 heavy (non-hydrogen) atoms. The Balaban J connectivity index is 1.72. The molecule has 1 heterocycles. The third kappa shape index (κ3) is 7.10. The summed E-state index contributed by atoms with van der Waals surface area (Å²) in [4.78, 5) is 17.7. The SMILES string of the molecule is CCCN(CC(=O)N(CCc1ccccc1)Cc1ccc(C)o1)Cc1cc(C)ccc1C. The van der Waals surface area contributed by atoms with Gasteiger partial charge in [0.2, 0.25) is 5.91 Å². The van der Waals surface area contributed by atoms with Gasteiger partial charge in [0.1, 0.15) is 11.5 Å². The first-order chi connectivity index (χ1) is 15.4. The number of amides is 1. The molecule has 3 rings (SSSR count). The number of benzene rings is 2. The highest BCUT2D eigenvalue weighted by Crippen LogP contribution is 2.15. The molecule has 1 aromatic heterocycles. The number of nitrogens with zero attached hydrogens (tertiary/aromatic N) is 2. The quantitative estimate of drug-likeness (QED) is 0.391. The molecule has 0 aliphatic rings. The van der Waals surface area contributed by atoms with Crippen molar-refractivity contribution in [3.8, 4) is 0 Å². The van der Waals surface area contributed by atoms with E-state index in [1.165, 1.54) is 22.3 Å². The second kappa shape index (κ2) is 11.7. The van der Waals surface area contributed by atoms with Gasteiger partial charge in [-0.05, 0) is 69.0 Å². The minimum Gasteiger partial charge on any atom is -0.464 e. The van der Waals surface area contributed by atoms with E-state index in [2.05, 4.69) is 56.0 Å². The summed E-state index contributed by atoms with van der Waals surface area (Å²) < 4.78 is 5.79. The smallest absolute Gasteiger partial charge is 0.237 e. The molecule has 1 amide bonds. The van der Waals surface area contributed by atoms with E-state index in [1.54, 1.807) is 0 Å². The minimum absolute atomic E-state index is 0.147. The summed E-state index contributed by atoms with van der Waals surface area (Å²) in [5.41, 5.74) is 5.06. The fourth-order valence-electron chi connectivity index (χ4n) is 3.99. The van der Waals surface area contributed by atoms with E-state index >= 15 is 0 Å². The third-order valence-electron chi connectivity index (χ3n) is 5.81. The van der Waals surface area contributed by atoms with Crippen LogP contribution in [0.1, 0.15) is 47.1 Å². The fourth-order valence-corrected chi connectivity index (χ4v) is 3.99. The van der Waals surface area contributed by atoms with Crippen molar-refractivity contribution in [2.75, 3.05) is 19.6 Å². The summed E-state index contributed by atoms with van der Waals surface area (Å²) in [6.45, 7) is 11.6. The van der Waals surface area contributed by atoms with Gasteiger partial charge >= 0.3 is 0 Å². The van der Waals surface area contributed by atoms with E-state index in [-0.39, 0.29) is 5.91 Å². The number of hydrogen-bond acceptors (Lipinski definition) is 3. The number of hydrogen-bond donors (Lipinski definition) is 0. The van der Waals surface area contributed by atoms with Crippen LogP contribution in [0.2, 0.25) is 0 Å². The molecule has 4 nitrogen and oxygen atoms in total.